The minimum Gasteiger partial charge on any atom is -0.378 e. The summed E-state index contributed by atoms with van der Waals surface area (Å²) in [6.07, 6.45) is 3.49. The second-order valence-electron chi connectivity index (χ2n) is 8.60. The molecule has 11 heteroatoms. The van der Waals surface area contributed by atoms with Crippen LogP contribution in [0.2, 0.25) is 0 Å². The summed E-state index contributed by atoms with van der Waals surface area (Å²) in [4.78, 5) is 28.6. The van der Waals surface area contributed by atoms with Crippen molar-refractivity contribution < 1.29 is 14.3 Å². The van der Waals surface area contributed by atoms with Crippen LogP contribution in [0.15, 0.2) is 24.3 Å². The molecule has 1 aromatic carbocycles. The molecule has 1 aliphatic heterocycles. The lowest BCUT2D eigenvalue weighted by Crippen LogP contribution is -2.31. The molecule has 0 unspecified atom stereocenters. The van der Waals surface area contributed by atoms with Gasteiger partial charge in [0.2, 0.25) is 17.8 Å². The molecule has 5 N–H and O–H groups in total. The maximum atomic E-state index is 12.6. The molecule has 0 saturated carbocycles. The Morgan fingerprint density at radius 3 is 2.51 bits per heavy atom. The van der Waals surface area contributed by atoms with E-state index in [-0.39, 0.29) is 11.9 Å². The SMILES string of the molecule is CC(C)Nc1nc(Nc2cccc(C(=O)NCCOCCOCCN)c2)nc(N2CCCCC2)n1. The van der Waals surface area contributed by atoms with Gasteiger partial charge in [0.05, 0.1) is 26.4 Å². The summed E-state index contributed by atoms with van der Waals surface area (Å²) in [6.45, 7) is 8.74. The van der Waals surface area contributed by atoms with Gasteiger partial charge < -0.3 is 36.1 Å². The number of rotatable bonds is 14. The predicted octanol–water partition coefficient (Wildman–Crippen LogP) is 2.15. The van der Waals surface area contributed by atoms with Crippen LogP contribution >= 0.6 is 0 Å². The third-order valence-electron chi connectivity index (χ3n) is 5.23. The number of nitrogens with one attached hydrogen (secondary N) is 3. The van der Waals surface area contributed by atoms with E-state index in [1.807, 2.05) is 26.0 Å². The first kappa shape index (κ1) is 26.6. The molecule has 1 fully saturated rings. The van der Waals surface area contributed by atoms with Crippen molar-refractivity contribution in [2.75, 3.05) is 68.1 Å². The van der Waals surface area contributed by atoms with E-state index in [1.54, 1.807) is 12.1 Å². The van der Waals surface area contributed by atoms with Crippen molar-refractivity contribution in [3.05, 3.63) is 29.8 Å². The maximum Gasteiger partial charge on any atom is 0.251 e. The van der Waals surface area contributed by atoms with E-state index in [0.717, 1.165) is 31.6 Å². The van der Waals surface area contributed by atoms with Gasteiger partial charge in [-0.05, 0) is 51.3 Å². The number of piperidine rings is 1. The summed E-state index contributed by atoms with van der Waals surface area (Å²) in [7, 11) is 0. The van der Waals surface area contributed by atoms with Crippen LogP contribution in [0.1, 0.15) is 43.5 Å². The molecule has 1 saturated heterocycles. The zero-order valence-corrected chi connectivity index (χ0v) is 20.8. The maximum absolute atomic E-state index is 12.6. The molecule has 0 atom stereocenters. The summed E-state index contributed by atoms with van der Waals surface area (Å²) in [5, 5.41) is 9.37. The second kappa shape index (κ2) is 14.4. The third-order valence-corrected chi connectivity index (χ3v) is 5.23. The minimum absolute atomic E-state index is 0.177. The smallest absolute Gasteiger partial charge is 0.251 e. The molecule has 2 heterocycles. The van der Waals surface area contributed by atoms with Gasteiger partial charge in [-0.3, -0.25) is 4.79 Å². The Balaban J connectivity index is 1.59. The number of hydrogen-bond donors (Lipinski definition) is 4. The van der Waals surface area contributed by atoms with Crippen molar-refractivity contribution in [2.45, 2.75) is 39.2 Å². The molecule has 11 nitrogen and oxygen atoms in total. The highest BCUT2D eigenvalue weighted by molar-refractivity contribution is 5.95. The average Bonchev–Trinajstić information content (AvgIpc) is 2.85. The molecule has 1 aromatic heterocycles. The molecule has 35 heavy (non-hydrogen) atoms. The number of nitrogens with two attached hydrogens (primary N) is 1. The predicted molar refractivity (Wildman–Crippen MR) is 137 cm³/mol. The lowest BCUT2D eigenvalue weighted by molar-refractivity contribution is 0.0511. The van der Waals surface area contributed by atoms with Crippen LogP contribution in [-0.2, 0) is 9.47 Å². The molecule has 192 valence electrons. The molecule has 3 rings (SSSR count). The number of anilines is 4. The van der Waals surface area contributed by atoms with E-state index in [9.17, 15) is 4.79 Å². The zero-order chi connectivity index (χ0) is 24.9. The van der Waals surface area contributed by atoms with Crippen molar-refractivity contribution in [3.8, 4) is 0 Å². The fourth-order valence-corrected chi connectivity index (χ4v) is 3.59. The number of carbonyl (C=O) groups excluding carboxylic acids is 1. The number of aromatic nitrogens is 3. The first-order valence-electron chi connectivity index (χ1n) is 12.3. The Morgan fingerprint density at radius 1 is 1.03 bits per heavy atom. The van der Waals surface area contributed by atoms with Gasteiger partial charge in [0, 0.05) is 43.5 Å². The topological polar surface area (TPSA) is 140 Å². The summed E-state index contributed by atoms with van der Waals surface area (Å²) in [5.41, 5.74) is 6.62. The van der Waals surface area contributed by atoms with Gasteiger partial charge in [0.25, 0.3) is 5.91 Å². The standard InChI is InChI=1S/C24H38N8O3/c1-18(2)27-22-29-23(31-24(30-22)32-11-4-3-5-12-32)28-20-8-6-7-19(17-20)21(33)26-10-14-35-16-15-34-13-9-25/h6-8,17-18H,3-5,9-16,25H2,1-2H3,(H,26,33)(H2,27,28,29,30,31). The summed E-state index contributed by atoms with van der Waals surface area (Å²) in [6, 6.07) is 7.43. The summed E-state index contributed by atoms with van der Waals surface area (Å²) in [5.74, 6) is 1.45. The van der Waals surface area contributed by atoms with E-state index < -0.39 is 0 Å². The van der Waals surface area contributed by atoms with Gasteiger partial charge in [-0.2, -0.15) is 15.0 Å². The Labute approximate surface area is 207 Å². The van der Waals surface area contributed by atoms with Gasteiger partial charge in [-0.25, -0.2) is 0 Å². The number of carbonyl (C=O) groups is 1. The minimum atomic E-state index is -0.177. The average molecular weight is 487 g/mol. The molecule has 0 bridgehead atoms. The van der Waals surface area contributed by atoms with E-state index >= 15 is 0 Å². The third kappa shape index (κ3) is 9.27. The Morgan fingerprint density at radius 2 is 1.77 bits per heavy atom. The monoisotopic (exact) mass is 486 g/mol. The van der Waals surface area contributed by atoms with E-state index in [0.29, 0.717) is 62.9 Å². The largest absolute Gasteiger partial charge is 0.378 e. The van der Waals surface area contributed by atoms with Crippen LogP contribution in [0.4, 0.5) is 23.5 Å². The van der Waals surface area contributed by atoms with Crippen LogP contribution in [0.3, 0.4) is 0 Å². The first-order chi connectivity index (χ1) is 17.0. The quantitative estimate of drug-likeness (QED) is 0.294. The van der Waals surface area contributed by atoms with Gasteiger partial charge >= 0.3 is 0 Å². The highest BCUT2D eigenvalue weighted by atomic mass is 16.5. The molecule has 1 aliphatic rings. The van der Waals surface area contributed by atoms with Crippen molar-refractivity contribution in [1.29, 1.82) is 0 Å². The Bertz CT molecular complexity index is 921. The Hall–Kier alpha value is -3.02. The zero-order valence-electron chi connectivity index (χ0n) is 20.8. The molecular formula is C24H38N8O3. The molecule has 0 radical (unpaired) electrons. The second-order valence-corrected chi connectivity index (χ2v) is 8.60. The molecule has 2 aromatic rings. The van der Waals surface area contributed by atoms with Crippen molar-refractivity contribution in [2.24, 2.45) is 5.73 Å². The van der Waals surface area contributed by atoms with Crippen molar-refractivity contribution >= 4 is 29.4 Å². The van der Waals surface area contributed by atoms with E-state index in [4.69, 9.17) is 15.2 Å². The Kier molecular flexibility index (Phi) is 10.9. The number of ether oxygens (including phenoxy) is 2. The fourth-order valence-electron chi connectivity index (χ4n) is 3.59. The normalized spacial score (nSPS) is 13.7. The lowest BCUT2D eigenvalue weighted by Gasteiger charge is -2.27. The molecule has 1 amide bonds. The van der Waals surface area contributed by atoms with Gasteiger partial charge in [-0.15, -0.1) is 0 Å². The molecular weight excluding hydrogens is 448 g/mol. The van der Waals surface area contributed by atoms with Crippen LogP contribution < -0.4 is 26.6 Å². The summed E-state index contributed by atoms with van der Waals surface area (Å²) >= 11 is 0. The number of benzene rings is 1. The highest BCUT2D eigenvalue weighted by Crippen LogP contribution is 2.21. The molecule has 0 aliphatic carbocycles. The summed E-state index contributed by atoms with van der Waals surface area (Å²) < 4.78 is 10.7. The van der Waals surface area contributed by atoms with E-state index in [1.165, 1.54) is 6.42 Å². The van der Waals surface area contributed by atoms with Crippen LogP contribution in [0.5, 0.6) is 0 Å². The fraction of sp³-hybridized carbons (Fsp3) is 0.583. The van der Waals surface area contributed by atoms with Crippen LogP contribution in [-0.4, -0.2) is 79.5 Å². The number of hydrogen-bond acceptors (Lipinski definition) is 10. The lowest BCUT2D eigenvalue weighted by atomic mass is 10.1. The van der Waals surface area contributed by atoms with Gasteiger partial charge in [-0.1, -0.05) is 6.07 Å². The van der Waals surface area contributed by atoms with Crippen LogP contribution in [0, 0.1) is 0 Å². The van der Waals surface area contributed by atoms with Crippen molar-refractivity contribution in [3.63, 3.8) is 0 Å². The van der Waals surface area contributed by atoms with Crippen molar-refractivity contribution in [1.82, 2.24) is 20.3 Å². The number of amides is 1. The van der Waals surface area contributed by atoms with Gasteiger partial charge in [0.15, 0.2) is 0 Å². The van der Waals surface area contributed by atoms with Gasteiger partial charge in [0.1, 0.15) is 0 Å². The van der Waals surface area contributed by atoms with E-state index in [2.05, 4.69) is 35.8 Å². The van der Waals surface area contributed by atoms with Crippen LogP contribution in [0.25, 0.3) is 0 Å². The molecule has 0 spiro atoms. The first-order valence-corrected chi connectivity index (χ1v) is 12.3. The number of nitrogens with zero attached hydrogens (tertiary/aromatic N) is 4. The highest BCUT2D eigenvalue weighted by Gasteiger charge is 2.17.